The van der Waals surface area contributed by atoms with Crippen LogP contribution in [0.1, 0.15) is 24.0 Å². The molecule has 1 atom stereocenters. The van der Waals surface area contributed by atoms with Crippen molar-refractivity contribution >= 4 is 10.8 Å². The molecular weight excluding hydrogens is 232 g/mol. The SMILES string of the molecule is C[C@H](c1ccccc1)c1c(O)ccc2ccccc12. The number of fused-ring (bicyclic) bond motifs is 1. The van der Waals surface area contributed by atoms with Crippen molar-refractivity contribution in [3.63, 3.8) is 0 Å². The lowest BCUT2D eigenvalue weighted by Gasteiger charge is -2.16. The summed E-state index contributed by atoms with van der Waals surface area (Å²) in [5.74, 6) is 0.544. The zero-order valence-electron chi connectivity index (χ0n) is 10.9. The van der Waals surface area contributed by atoms with Crippen LogP contribution >= 0.6 is 0 Å². The fraction of sp³-hybridized carbons (Fsp3) is 0.111. The molecule has 1 nitrogen and oxygen atoms in total. The van der Waals surface area contributed by atoms with E-state index in [4.69, 9.17) is 0 Å². The van der Waals surface area contributed by atoms with Crippen LogP contribution in [-0.4, -0.2) is 5.11 Å². The van der Waals surface area contributed by atoms with E-state index in [9.17, 15) is 5.11 Å². The second-order valence-electron chi connectivity index (χ2n) is 4.85. The van der Waals surface area contributed by atoms with E-state index >= 15 is 0 Å². The Morgan fingerprint density at radius 1 is 0.789 bits per heavy atom. The van der Waals surface area contributed by atoms with Crippen molar-refractivity contribution in [2.45, 2.75) is 12.8 Å². The summed E-state index contributed by atoms with van der Waals surface area (Å²) in [4.78, 5) is 0. The third kappa shape index (κ3) is 2.08. The summed E-state index contributed by atoms with van der Waals surface area (Å²) < 4.78 is 0. The van der Waals surface area contributed by atoms with Crippen LogP contribution in [0.4, 0.5) is 0 Å². The summed E-state index contributed by atoms with van der Waals surface area (Å²) in [5, 5.41) is 12.5. The zero-order chi connectivity index (χ0) is 13.2. The molecule has 0 aliphatic rings. The minimum Gasteiger partial charge on any atom is -0.508 e. The van der Waals surface area contributed by atoms with Crippen molar-refractivity contribution in [3.8, 4) is 5.75 Å². The molecule has 0 aliphatic carbocycles. The Hall–Kier alpha value is -2.28. The van der Waals surface area contributed by atoms with E-state index in [2.05, 4.69) is 31.2 Å². The number of aromatic hydroxyl groups is 1. The van der Waals surface area contributed by atoms with Crippen LogP contribution in [0.15, 0.2) is 66.7 Å². The van der Waals surface area contributed by atoms with Crippen molar-refractivity contribution in [3.05, 3.63) is 77.9 Å². The molecule has 3 aromatic rings. The summed E-state index contributed by atoms with van der Waals surface area (Å²) in [6.07, 6.45) is 0. The van der Waals surface area contributed by atoms with Gasteiger partial charge in [0.1, 0.15) is 5.75 Å². The highest BCUT2D eigenvalue weighted by Gasteiger charge is 2.15. The molecule has 94 valence electrons. The van der Waals surface area contributed by atoms with E-state index < -0.39 is 0 Å². The topological polar surface area (TPSA) is 20.2 Å². The molecule has 0 spiro atoms. The lowest BCUT2D eigenvalue weighted by Crippen LogP contribution is -1.97. The minimum absolute atomic E-state index is 0.173. The molecule has 0 bridgehead atoms. The van der Waals surface area contributed by atoms with E-state index in [1.807, 2.05) is 36.4 Å². The van der Waals surface area contributed by atoms with Crippen molar-refractivity contribution in [2.24, 2.45) is 0 Å². The van der Waals surface area contributed by atoms with Gasteiger partial charge in [0.2, 0.25) is 0 Å². The summed E-state index contributed by atoms with van der Waals surface area (Å²) in [5.41, 5.74) is 2.22. The molecule has 1 N–H and O–H groups in total. The number of hydrogen-bond donors (Lipinski definition) is 1. The Bertz CT molecular complexity index is 701. The zero-order valence-corrected chi connectivity index (χ0v) is 10.9. The molecule has 0 fully saturated rings. The van der Waals surface area contributed by atoms with Gasteiger partial charge in [0.25, 0.3) is 0 Å². The predicted molar refractivity (Wildman–Crippen MR) is 79.6 cm³/mol. The van der Waals surface area contributed by atoms with E-state index in [1.54, 1.807) is 6.07 Å². The summed E-state index contributed by atoms with van der Waals surface area (Å²) in [6.45, 7) is 2.14. The Balaban J connectivity index is 2.22. The van der Waals surface area contributed by atoms with Crippen LogP contribution in [0.5, 0.6) is 5.75 Å². The molecule has 0 saturated carbocycles. The van der Waals surface area contributed by atoms with E-state index in [0.29, 0.717) is 5.75 Å². The lowest BCUT2D eigenvalue weighted by atomic mass is 9.88. The largest absolute Gasteiger partial charge is 0.508 e. The molecule has 3 aromatic carbocycles. The van der Waals surface area contributed by atoms with Crippen LogP contribution < -0.4 is 0 Å². The van der Waals surface area contributed by atoms with Gasteiger partial charge in [0.15, 0.2) is 0 Å². The maximum Gasteiger partial charge on any atom is 0.120 e. The number of phenols is 1. The summed E-state index contributed by atoms with van der Waals surface area (Å²) >= 11 is 0. The molecule has 0 amide bonds. The third-order valence-electron chi connectivity index (χ3n) is 3.68. The lowest BCUT2D eigenvalue weighted by molar-refractivity contribution is 0.467. The van der Waals surface area contributed by atoms with Gasteiger partial charge in [0.05, 0.1) is 0 Å². The molecule has 19 heavy (non-hydrogen) atoms. The van der Waals surface area contributed by atoms with Gasteiger partial charge in [-0.05, 0) is 22.4 Å². The summed E-state index contributed by atoms with van der Waals surface area (Å²) in [6, 6.07) is 22.2. The maximum atomic E-state index is 10.2. The highest BCUT2D eigenvalue weighted by Crippen LogP contribution is 2.36. The highest BCUT2D eigenvalue weighted by molar-refractivity contribution is 5.88. The monoisotopic (exact) mass is 248 g/mol. The summed E-state index contributed by atoms with van der Waals surface area (Å²) in [7, 11) is 0. The maximum absolute atomic E-state index is 10.2. The Morgan fingerprint density at radius 2 is 1.47 bits per heavy atom. The van der Waals surface area contributed by atoms with Gasteiger partial charge in [-0.25, -0.2) is 0 Å². The fourth-order valence-electron chi connectivity index (χ4n) is 2.65. The fourth-order valence-corrected chi connectivity index (χ4v) is 2.65. The van der Waals surface area contributed by atoms with Gasteiger partial charge in [-0.3, -0.25) is 0 Å². The van der Waals surface area contributed by atoms with Crippen LogP contribution in [0.2, 0.25) is 0 Å². The molecular formula is C18H16O. The van der Waals surface area contributed by atoms with E-state index in [1.165, 1.54) is 5.56 Å². The minimum atomic E-state index is 0.173. The van der Waals surface area contributed by atoms with Crippen LogP contribution in [0.3, 0.4) is 0 Å². The Kier molecular flexibility index (Phi) is 2.96. The molecule has 0 aliphatic heterocycles. The van der Waals surface area contributed by atoms with Crippen LogP contribution in [0, 0.1) is 0 Å². The van der Waals surface area contributed by atoms with Gasteiger partial charge >= 0.3 is 0 Å². The van der Waals surface area contributed by atoms with Crippen molar-refractivity contribution in [2.75, 3.05) is 0 Å². The number of rotatable bonds is 2. The van der Waals surface area contributed by atoms with E-state index in [-0.39, 0.29) is 5.92 Å². The van der Waals surface area contributed by atoms with Crippen LogP contribution in [0.25, 0.3) is 10.8 Å². The van der Waals surface area contributed by atoms with Crippen molar-refractivity contribution in [1.29, 1.82) is 0 Å². The van der Waals surface area contributed by atoms with Crippen molar-refractivity contribution in [1.82, 2.24) is 0 Å². The average Bonchev–Trinajstić information content (AvgIpc) is 2.47. The smallest absolute Gasteiger partial charge is 0.120 e. The Labute approximate surface area is 113 Å². The first-order valence-electron chi connectivity index (χ1n) is 6.53. The Morgan fingerprint density at radius 3 is 2.26 bits per heavy atom. The van der Waals surface area contributed by atoms with Gasteiger partial charge in [-0.2, -0.15) is 0 Å². The number of phenolic OH excluding ortho intramolecular Hbond substituents is 1. The highest BCUT2D eigenvalue weighted by atomic mass is 16.3. The van der Waals surface area contributed by atoms with Gasteiger partial charge in [0, 0.05) is 11.5 Å². The quantitative estimate of drug-likeness (QED) is 0.697. The van der Waals surface area contributed by atoms with Crippen molar-refractivity contribution < 1.29 is 5.11 Å². The van der Waals surface area contributed by atoms with Gasteiger partial charge in [-0.1, -0.05) is 67.6 Å². The standard InChI is InChI=1S/C18H16O/c1-13(14-7-3-2-4-8-14)18-16-10-6-5-9-15(16)11-12-17(18)19/h2-13,19H,1H3/t13-/m1/s1. The molecule has 3 rings (SSSR count). The first-order chi connectivity index (χ1) is 9.27. The second kappa shape index (κ2) is 4.77. The van der Waals surface area contributed by atoms with Crippen LogP contribution in [-0.2, 0) is 0 Å². The normalized spacial score (nSPS) is 12.5. The molecule has 0 aromatic heterocycles. The average molecular weight is 248 g/mol. The molecule has 0 saturated heterocycles. The molecule has 0 unspecified atom stereocenters. The molecule has 1 heteroatoms. The van der Waals surface area contributed by atoms with Gasteiger partial charge in [-0.15, -0.1) is 0 Å². The third-order valence-corrected chi connectivity index (χ3v) is 3.68. The van der Waals surface area contributed by atoms with E-state index in [0.717, 1.165) is 16.3 Å². The predicted octanol–water partition coefficient (Wildman–Crippen LogP) is 4.70. The number of hydrogen-bond acceptors (Lipinski definition) is 1. The second-order valence-corrected chi connectivity index (χ2v) is 4.85. The first kappa shape index (κ1) is 11.8. The molecule has 0 heterocycles. The van der Waals surface area contributed by atoms with Gasteiger partial charge < -0.3 is 5.11 Å². The first-order valence-corrected chi connectivity index (χ1v) is 6.53. The number of benzene rings is 3. The molecule has 0 radical (unpaired) electrons.